The van der Waals surface area contributed by atoms with Crippen LogP contribution >= 0.6 is 11.6 Å². The van der Waals surface area contributed by atoms with Crippen LogP contribution < -0.4 is 0 Å². The molecular weight excluding hydrogens is 264 g/mol. The molecule has 5 nitrogen and oxygen atoms in total. The van der Waals surface area contributed by atoms with Gasteiger partial charge in [0.2, 0.25) is 0 Å². The standard InChI is InChI=1S/C13H15ClN4O/c1-19-13(8-2-3-9-13)12-15-16-17-18(12)11-6-4-10(14)5-7-11/h4-7H,2-3,8-9H2,1H3. The molecule has 2 aromatic rings. The maximum absolute atomic E-state index is 5.91. The number of hydrogen-bond donors (Lipinski definition) is 0. The van der Waals surface area contributed by atoms with Crippen molar-refractivity contribution in [3.63, 3.8) is 0 Å². The first kappa shape index (κ1) is 12.6. The van der Waals surface area contributed by atoms with E-state index in [0.717, 1.165) is 37.2 Å². The van der Waals surface area contributed by atoms with Crippen molar-refractivity contribution in [2.45, 2.75) is 31.3 Å². The van der Waals surface area contributed by atoms with Crippen molar-refractivity contribution in [2.24, 2.45) is 0 Å². The summed E-state index contributed by atoms with van der Waals surface area (Å²) >= 11 is 5.91. The van der Waals surface area contributed by atoms with Crippen molar-refractivity contribution >= 4 is 11.6 Å². The van der Waals surface area contributed by atoms with Gasteiger partial charge in [-0.3, -0.25) is 0 Å². The van der Waals surface area contributed by atoms with Gasteiger partial charge in [-0.15, -0.1) is 5.10 Å². The lowest BCUT2D eigenvalue weighted by Gasteiger charge is -2.25. The fourth-order valence-electron chi connectivity index (χ4n) is 2.69. The first-order chi connectivity index (χ1) is 9.25. The molecule has 0 saturated heterocycles. The van der Waals surface area contributed by atoms with Crippen LogP contribution in [0.25, 0.3) is 5.69 Å². The molecule has 0 N–H and O–H groups in total. The summed E-state index contributed by atoms with van der Waals surface area (Å²) in [5.74, 6) is 0.773. The van der Waals surface area contributed by atoms with Gasteiger partial charge in [0.1, 0.15) is 5.60 Å². The molecule has 0 atom stereocenters. The van der Waals surface area contributed by atoms with Crippen molar-refractivity contribution in [3.05, 3.63) is 35.1 Å². The fourth-order valence-corrected chi connectivity index (χ4v) is 2.82. The van der Waals surface area contributed by atoms with E-state index in [1.807, 2.05) is 24.3 Å². The number of halogens is 1. The van der Waals surface area contributed by atoms with Gasteiger partial charge in [0, 0.05) is 12.1 Å². The minimum atomic E-state index is -0.358. The Bertz CT molecular complexity index is 560. The van der Waals surface area contributed by atoms with Crippen LogP contribution in [0.3, 0.4) is 0 Å². The van der Waals surface area contributed by atoms with E-state index in [0.29, 0.717) is 5.02 Å². The van der Waals surface area contributed by atoms with E-state index in [2.05, 4.69) is 15.5 Å². The molecule has 0 unspecified atom stereocenters. The van der Waals surface area contributed by atoms with E-state index in [1.54, 1.807) is 11.8 Å². The predicted molar refractivity (Wildman–Crippen MR) is 71.3 cm³/mol. The lowest BCUT2D eigenvalue weighted by Crippen LogP contribution is -2.29. The summed E-state index contributed by atoms with van der Waals surface area (Å²) in [6.45, 7) is 0. The largest absolute Gasteiger partial charge is 0.370 e. The zero-order valence-corrected chi connectivity index (χ0v) is 11.5. The molecule has 3 rings (SSSR count). The van der Waals surface area contributed by atoms with Crippen LogP contribution in [0.2, 0.25) is 5.02 Å². The molecule has 0 spiro atoms. The van der Waals surface area contributed by atoms with Crippen LogP contribution in [0.4, 0.5) is 0 Å². The number of ether oxygens (including phenoxy) is 1. The van der Waals surface area contributed by atoms with Crippen molar-refractivity contribution in [2.75, 3.05) is 7.11 Å². The molecule has 0 aliphatic heterocycles. The van der Waals surface area contributed by atoms with Gasteiger partial charge in [-0.25, -0.2) is 0 Å². The Morgan fingerprint density at radius 3 is 2.53 bits per heavy atom. The SMILES string of the molecule is COC1(c2nnnn2-c2ccc(Cl)cc2)CCCC1. The lowest BCUT2D eigenvalue weighted by atomic mass is 10.0. The van der Waals surface area contributed by atoms with Gasteiger partial charge in [-0.05, 0) is 60.4 Å². The molecular formula is C13H15ClN4O. The number of nitrogens with zero attached hydrogens (tertiary/aromatic N) is 4. The third kappa shape index (κ3) is 2.13. The van der Waals surface area contributed by atoms with E-state index >= 15 is 0 Å². The summed E-state index contributed by atoms with van der Waals surface area (Å²) in [5, 5.41) is 12.8. The molecule has 6 heteroatoms. The second kappa shape index (κ2) is 4.90. The first-order valence-electron chi connectivity index (χ1n) is 6.35. The molecule has 1 aromatic heterocycles. The van der Waals surface area contributed by atoms with Gasteiger partial charge in [-0.1, -0.05) is 11.6 Å². The summed E-state index contributed by atoms with van der Waals surface area (Å²) in [5.41, 5.74) is 0.538. The molecule has 1 heterocycles. The van der Waals surface area contributed by atoms with Gasteiger partial charge in [0.05, 0.1) is 5.69 Å². The summed E-state index contributed by atoms with van der Waals surface area (Å²) in [6.07, 6.45) is 4.19. The number of benzene rings is 1. The van der Waals surface area contributed by atoms with Crippen LogP contribution in [-0.2, 0) is 10.3 Å². The molecule has 0 radical (unpaired) electrons. The van der Waals surface area contributed by atoms with Crippen molar-refractivity contribution in [1.82, 2.24) is 20.2 Å². The second-order valence-corrected chi connectivity index (χ2v) is 5.23. The Balaban J connectivity index is 2.05. The van der Waals surface area contributed by atoms with E-state index < -0.39 is 0 Å². The zero-order valence-electron chi connectivity index (χ0n) is 10.7. The minimum Gasteiger partial charge on any atom is -0.370 e. The third-order valence-electron chi connectivity index (χ3n) is 3.75. The highest BCUT2D eigenvalue weighted by Gasteiger charge is 2.40. The molecule has 1 aliphatic carbocycles. The highest BCUT2D eigenvalue weighted by molar-refractivity contribution is 6.30. The van der Waals surface area contributed by atoms with Crippen molar-refractivity contribution < 1.29 is 4.74 Å². The quantitative estimate of drug-likeness (QED) is 0.866. The summed E-state index contributed by atoms with van der Waals surface area (Å²) in [7, 11) is 1.73. The molecule has 1 fully saturated rings. The average molecular weight is 279 g/mol. The maximum Gasteiger partial charge on any atom is 0.188 e. The molecule has 19 heavy (non-hydrogen) atoms. The number of rotatable bonds is 3. The Morgan fingerprint density at radius 2 is 1.89 bits per heavy atom. The number of hydrogen-bond acceptors (Lipinski definition) is 4. The van der Waals surface area contributed by atoms with Gasteiger partial charge in [0.25, 0.3) is 0 Å². The van der Waals surface area contributed by atoms with Gasteiger partial charge >= 0.3 is 0 Å². The molecule has 1 aliphatic rings. The van der Waals surface area contributed by atoms with E-state index in [-0.39, 0.29) is 5.60 Å². The van der Waals surface area contributed by atoms with Crippen LogP contribution in [-0.4, -0.2) is 27.3 Å². The summed E-state index contributed by atoms with van der Waals surface area (Å²) in [4.78, 5) is 0. The molecule has 100 valence electrons. The molecule has 0 bridgehead atoms. The van der Waals surface area contributed by atoms with Crippen LogP contribution in [0.1, 0.15) is 31.5 Å². The smallest absolute Gasteiger partial charge is 0.188 e. The number of aromatic nitrogens is 4. The average Bonchev–Trinajstić information content (AvgIpc) is 3.09. The van der Waals surface area contributed by atoms with Crippen LogP contribution in [0.15, 0.2) is 24.3 Å². The van der Waals surface area contributed by atoms with E-state index in [4.69, 9.17) is 16.3 Å². The highest BCUT2D eigenvalue weighted by Crippen LogP contribution is 2.40. The summed E-state index contributed by atoms with van der Waals surface area (Å²) < 4.78 is 7.48. The Hall–Kier alpha value is -1.46. The number of tetrazole rings is 1. The van der Waals surface area contributed by atoms with Crippen molar-refractivity contribution in [1.29, 1.82) is 0 Å². The van der Waals surface area contributed by atoms with Crippen LogP contribution in [0, 0.1) is 0 Å². The normalized spacial score (nSPS) is 17.8. The molecule has 1 saturated carbocycles. The van der Waals surface area contributed by atoms with Crippen molar-refractivity contribution in [3.8, 4) is 5.69 Å². The maximum atomic E-state index is 5.91. The van der Waals surface area contributed by atoms with Crippen LogP contribution in [0.5, 0.6) is 0 Å². The Morgan fingerprint density at radius 1 is 1.21 bits per heavy atom. The third-order valence-corrected chi connectivity index (χ3v) is 4.00. The second-order valence-electron chi connectivity index (χ2n) is 4.80. The minimum absolute atomic E-state index is 0.358. The highest BCUT2D eigenvalue weighted by atomic mass is 35.5. The first-order valence-corrected chi connectivity index (χ1v) is 6.73. The fraction of sp³-hybridized carbons (Fsp3) is 0.462. The Kier molecular flexibility index (Phi) is 3.24. The molecule has 1 aromatic carbocycles. The van der Waals surface area contributed by atoms with Gasteiger partial charge in [-0.2, -0.15) is 4.68 Å². The van der Waals surface area contributed by atoms with E-state index in [1.165, 1.54) is 0 Å². The van der Waals surface area contributed by atoms with Gasteiger partial charge < -0.3 is 4.74 Å². The number of methoxy groups -OCH3 is 1. The zero-order chi connectivity index (χ0) is 13.3. The molecule has 0 amide bonds. The van der Waals surface area contributed by atoms with E-state index in [9.17, 15) is 0 Å². The summed E-state index contributed by atoms with van der Waals surface area (Å²) in [6, 6.07) is 7.47. The monoisotopic (exact) mass is 278 g/mol. The topological polar surface area (TPSA) is 52.8 Å². The Labute approximate surface area is 116 Å². The van der Waals surface area contributed by atoms with Gasteiger partial charge in [0.15, 0.2) is 5.82 Å². The lowest BCUT2D eigenvalue weighted by molar-refractivity contribution is -0.0181. The predicted octanol–water partition coefficient (Wildman–Crippen LogP) is 2.73.